The van der Waals surface area contributed by atoms with Gasteiger partial charge in [-0.05, 0) is 130 Å². The highest BCUT2D eigenvalue weighted by atomic mass is 15.3. The van der Waals surface area contributed by atoms with Crippen LogP contribution in [0.4, 0.5) is 51.3 Å². The van der Waals surface area contributed by atoms with Crippen molar-refractivity contribution in [1.29, 1.82) is 0 Å². The van der Waals surface area contributed by atoms with Crippen molar-refractivity contribution in [2.45, 2.75) is 33.1 Å². The maximum atomic E-state index is 5.51. The van der Waals surface area contributed by atoms with Gasteiger partial charge in [-0.3, -0.25) is 9.30 Å². The molecule has 0 spiro atoms. The second-order valence-electron chi connectivity index (χ2n) is 18.2. The first-order chi connectivity index (χ1) is 31.3. The van der Waals surface area contributed by atoms with Crippen LogP contribution >= 0.6 is 0 Å². The van der Waals surface area contributed by atoms with Gasteiger partial charge >= 0.3 is 0 Å². The van der Waals surface area contributed by atoms with Crippen LogP contribution in [0, 0.1) is 6.92 Å². The van der Waals surface area contributed by atoms with E-state index in [9.17, 15) is 0 Å². The van der Waals surface area contributed by atoms with Gasteiger partial charge in [0.2, 0.25) is 0 Å². The number of fused-ring (bicyclic) bond motifs is 7. The van der Waals surface area contributed by atoms with Crippen LogP contribution in [0.15, 0.2) is 206 Å². The van der Waals surface area contributed by atoms with Crippen LogP contribution in [0.25, 0.3) is 27.5 Å². The van der Waals surface area contributed by atoms with Crippen LogP contribution in [0.3, 0.4) is 0 Å². The fraction of sp³-hybridized carbons (Fsp3) is 0.0862. The highest BCUT2D eigenvalue weighted by molar-refractivity contribution is 7.00. The normalized spacial score (nSPS) is 12.9. The Hall–Kier alpha value is -7.83. The topological polar surface area (TPSA) is 27.0 Å². The molecule has 0 bridgehead atoms. The zero-order chi connectivity index (χ0) is 43.1. The van der Waals surface area contributed by atoms with Gasteiger partial charge in [-0.1, -0.05) is 142 Å². The van der Waals surface area contributed by atoms with Crippen LogP contribution in [0.2, 0.25) is 0 Å². The molecule has 4 heterocycles. The van der Waals surface area contributed by atoms with E-state index in [0.717, 1.165) is 51.2 Å². The van der Waals surface area contributed by atoms with Crippen molar-refractivity contribution >= 4 is 91.0 Å². The van der Waals surface area contributed by atoms with Crippen molar-refractivity contribution in [3.05, 3.63) is 218 Å². The maximum Gasteiger partial charge on any atom is 0.277 e. The lowest BCUT2D eigenvalue weighted by atomic mass is 9.35. The highest BCUT2D eigenvalue weighted by Crippen LogP contribution is 2.48. The smallest absolute Gasteiger partial charge is 0.277 e. The van der Waals surface area contributed by atoms with Crippen LogP contribution < -0.4 is 31.2 Å². The van der Waals surface area contributed by atoms with E-state index in [0.29, 0.717) is 0 Å². The van der Waals surface area contributed by atoms with E-state index in [4.69, 9.17) is 4.98 Å². The molecule has 0 atom stereocenters. The number of para-hydroxylation sites is 2. The fourth-order valence-electron chi connectivity index (χ4n) is 10.2. The molecular weight excluding hydrogens is 777 g/mol. The largest absolute Gasteiger partial charge is 0.311 e. The predicted octanol–water partition coefficient (Wildman–Crippen LogP) is 13.3. The summed E-state index contributed by atoms with van der Waals surface area (Å²) in [6.45, 7) is 8.94. The number of anilines is 9. The molecule has 64 heavy (non-hydrogen) atoms. The van der Waals surface area contributed by atoms with E-state index in [1.54, 1.807) is 0 Å². The Labute approximate surface area is 375 Å². The van der Waals surface area contributed by atoms with Crippen molar-refractivity contribution < 1.29 is 0 Å². The van der Waals surface area contributed by atoms with E-state index >= 15 is 0 Å². The molecule has 8 aromatic carbocycles. The molecule has 0 radical (unpaired) electrons. The molecule has 0 fully saturated rings. The molecule has 306 valence electrons. The standard InChI is InChI=1S/C58H46BN5/c1-39-36-52-55-53(37-39)64(43-22-12-7-13-23-43)57-56(60-54-26-16-17-35-61(54)57)59(55)49-33-31-45(38-51(49)63(52)42-20-10-6-11-21-42)62(44-29-27-41(28-30-44)58(2,3)4)50-34-32-46(40-18-8-5-9-19-40)47-24-14-15-25-48(47)50/h5-38H,1-4H3. The summed E-state index contributed by atoms with van der Waals surface area (Å²) in [6, 6.07) is 73.2. The first kappa shape index (κ1) is 37.9. The maximum absolute atomic E-state index is 5.51. The average molecular weight is 824 g/mol. The minimum absolute atomic E-state index is 0.0205. The van der Waals surface area contributed by atoms with Crippen molar-refractivity contribution in [1.82, 2.24) is 9.38 Å². The Balaban J connectivity index is 1.13. The van der Waals surface area contributed by atoms with Gasteiger partial charge in [-0.2, -0.15) is 0 Å². The second-order valence-corrected chi connectivity index (χ2v) is 18.2. The molecule has 0 saturated carbocycles. The number of hydrogen-bond donors (Lipinski definition) is 0. The molecule has 5 nitrogen and oxygen atoms in total. The van der Waals surface area contributed by atoms with Gasteiger partial charge in [-0.15, -0.1) is 0 Å². The van der Waals surface area contributed by atoms with E-state index in [1.807, 2.05) is 0 Å². The number of imidazole rings is 1. The van der Waals surface area contributed by atoms with Gasteiger partial charge in [0.25, 0.3) is 6.71 Å². The summed E-state index contributed by atoms with van der Waals surface area (Å²) in [4.78, 5) is 12.9. The number of aromatic nitrogens is 2. The molecule has 0 unspecified atom stereocenters. The van der Waals surface area contributed by atoms with Crippen LogP contribution in [0.1, 0.15) is 31.9 Å². The lowest BCUT2D eigenvalue weighted by molar-refractivity contribution is 0.590. The van der Waals surface area contributed by atoms with Crippen LogP contribution in [0.5, 0.6) is 0 Å². The van der Waals surface area contributed by atoms with Crippen molar-refractivity contribution in [3.63, 3.8) is 0 Å². The van der Waals surface area contributed by atoms with Gasteiger partial charge in [0.15, 0.2) is 0 Å². The third kappa shape index (κ3) is 5.97. The molecule has 2 aromatic heterocycles. The minimum Gasteiger partial charge on any atom is -0.311 e. The lowest BCUT2D eigenvalue weighted by Gasteiger charge is -2.43. The van der Waals surface area contributed by atoms with Crippen molar-refractivity contribution in [2.75, 3.05) is 14.7 Å². The zero-order valence-corrected chi connectivity index (χ0v) is 36.4. The van der Waals surface area contributed by atoms with E-state index in [2.05, 4.69) is 253 Å². The summed E-state index contributed by atoms with van der Waals surface area (Å²) < 4.78 is 2.26. The SMILES string of the molecule is Cc1cc2c3c(c1)N(c1ccccc1)c1c(nc4ccccn14)B3c1ccc(N(c3ccc(C(C)(C)C)cc3)c3ccc(-c4ccccc4)c4ccccc34)cc1N2c1ccccc1. The summed E-state index contributed by atoms with van der Waals surface area (Å²) in [5.41, 5.74) is 18.4. The van der Waals surface area contributed by atoms with Gasteiger partial charge in [-0.25, -0.2) is 4.98 Å². The highest BCUT2D eigenvalue weighted by Gasteiger charge is 2.46. The molecule has 12 rings (SSSR count). The van der Waals surface area contributed by atoms with Gasteiger partial charge in [0, 0.05) is 51.4 Å². The summed E-state index contributed by atoms with van der Waals surface area (Å²) in [7, 11) is 0. The second kappa shape index (κ2) is 14.6. The van der Waals surface area contributed by atoms with E-state index < -0.39 is 0 Å². The van der Waals surface area contributed by atoms with Crippen LogP contribution in [-0.2, 0) is 5.41 Å². The van der Waals surface area contributed by atoms with E-state index in [1.165, 1.54) is 55.3 Å². The van der Waals surface area contributed by atoms with Gasteiger partial charge < -0.3 is 9.80 Å². The summed E-state index contributed by atoms with van der Waals surface area (Å²) in [6.07, 6.45) is 2.15. The monoisotopic (exact) mass is 823 g/mol. The molecule has 6 heteroatoms. The lowest BCUT2D eigenvalue weighted by Crippen LogP contribution is -2.62. The molecule has 2 aliphatic rings. The first-order valence-electron chi connectivity index (χ1n) is 22.3. The first-order valence-corrected chi connectivity index (χ1v) is 22.3. The summed E-state index contributed by atoms with van der Waals surface area (Å²) in [5, 5.41) is 2.41. The molecule has 0 N–H and O–H groups in total. The Kier molecular flexibility index (Phi) is 8.67. The Morgan fingerprint density at radius 2 is 1.14 bits per heavy atom. The third-order valence-electron chi connectivity index (χ3n) is 13.1. The summed E-state index contributed by atoms with van der Waals surface area (Å²) >= 11 is 0. The molecule has 10 aromatic rings. The Morgan fingerprint density at radius 3 is 1.84 bits per heavy atom. The van der Waals surface area contributed by atoms with Crippen LogP contribution in [-0.4, -0.2) is 16.1 Å². The van der Waals surface area contributed by atoms with Crippen molar-refractivity contribution in [2.24, 2.45) is 0 Å². The number of benzene rings is 8. The fourth-order valence-corrected chi connectivity index (χ4v) is 10.2. The quantitative estimate of drug-likeness (QED) is 0.156. The average Bonchev–Trinajstić information content (AvgIpc) is 3.71. The number of pyridine rings is 1. The van der Waals surface area contributed by atoms with Gasteiger partial charge in [0.1, 0.15) is 11.5 Å². The Morgan fingerprint density at radius 1 is 0.531 bits per heavy atom. The number of rotatable bonds is 6. The third-order valence-corrected chi connectivity index (χ3v) is 13.1. The summed E-state index contributed by atoms with van der Waals surface area (Å²) in [5.74, 6) is 1.07. The van der Waals surface area contributed by atoms with Crippen molar-refractivity contribution in [3.8, 4) is 11.1 Å². The molecule has 2 aliphatic heterocycles. The molecule has 0 aliphatic carbocycles. The zero-order valence-electron chi connectivity index (χ0n) is 36.4. The Bertz CT molecular complexity index is 3390. The number of aryl methyl sites for hydroxylation is 1. The van der Waals surface area contributed by atoms with E-state index in [-0.39, 0.29) is 12.1 Å². The van der Waals surface area contributed by atoms with Gasteiger partial charge in [0.05, 0.1) is 11.3 Å². The molecule has 0 saturated heterocycles. The molecule has 0 amide bonds. The minimum atomic E-state index is -0.116. The molecular formula is C58H46BN5. The number of nitrogens with zero attached hydrogens (tertiary/aromatic N) is 5. The predicted molar refractivity (Wildman–Crippen MR) is 270 cm³/mol. The number of hydrogen-bond acceptors (Lipinski definition) is 4.